The quantitative estimate of drug-likeness (QED) is 0.203. The zero-order valence-electron chi connectivity index (χ0n) is 20.9. The van der Waals surface area contributed by atoms with Crippen molar-refractivity contribution < 1.29 is 22.8 Å². The van der Waals surface area contributed by atoms with Crippen LogP contribution in [0.15, 0.2) is 48.5 Å². The standard InChI is InChI=1S/C27H31F3N6O2/c28-27(29,30)21-6-2-17(3-7-21)16-36-22-15-20(24(32)33)5-4-19(22)14-23(36)26(38)35-12-8-18(9-13-35)25(37)34-11-1-10-31/h2-7,14-15,18H,1,8-13,16,31H2,(H3,32,33)(H,34,37). The Morgan fingerprint density at radius 1 is 1.05 bits per heavy atom. The van der Waals surface area contributed by atoms with Crippen LogP contribution in [0.4, 0.5) is 13.2 Å². The summed E-state index contributed by atoms with van der Waals surface area (Å²) in [5, 5.41) is 11.4. The topological polar surface area (TPSA) is 130 Å². The highest BCUT2D eigenvalue weighted by Gasteiger charge is 2.31. The third-order valence-electron chi connectivity index (χ3n) is 6.89. The molecule has 0 aliphatic carbocycles. The van der Waals surface area contributed by atoms with Gasteiger partial charge in [0.25, 0.3) is 5.91 Å². The normalized spacial score (nSPS) is 14.6. The minimum absolute atomic E-state index is 0.0290. The number of amides is 2. The summed E-state index contributed by atoms with van der Waals surface area (Å²) in [4.78, 5) is 27.8. The number of nitrogens with two attached hydrogens (primary N) is 2. The average molecular weight is 529 g/mol. The molecule has 1 saturated heterocycles. The predicted molar refractivity (Wildman–Crippen MR) is 139 cm³/mol. The van der Waals surface area contributed by atoms with Gasteiger partial charge in [0.05, 0.1) is 5.56 Å². The van der Waals surface area contributed by atoms with Crippen LogP contribution in [0, 0.1) is 11.3 Å². The number of aromatic nitrogens is 1. The lowest BCUT2D eigenvalue weighted by atomic mass is 9.95. The molecule has 8 nitrogen and oxygen atoms in total. The van der Waals surface area contributed by atoms with E-state index in [4.69, 9.17) is 16.9 Å². The Kier molecular flexibility index (Phi) is 8.05. The number of nitrogens with one attached hydrogen (secondary N) is 2. The third kappa shape index (κ3) is 5.99. The Labute approximate surface area is 218 Å². The summed E-state index contributed by atoms with van der Waals surface area (Å²) >= 11 is 0. The fourth-order valence-corrected chi connectivity index (χ4v) is 4.72. The number of fused-ring (bicyclic) bond motifs is 1. The lowest BCUT2D eigenvalue weighted by molar-refractivity contribution is -0.137. The zero-order chi connectivity index (χ0) is 27.4. The first kappa shape index (κ1) is 27.2. The predicted octanol–water partition coefficient (Wildman–Crippen LogP) is 3.31. The summed E-state index contributed by atoms with van der Waals surface area (Å²) in [6.07, 6.45) is -2.66. The summed E-state index contributed by atoms with van der Waals surface area (Å²) in [5.41, 5.74) is 12.5. The van der Waals surface area contributed by atoms with E-state index in [1.54, 1.807) is 33.7 Å². The van der Waals surface area contributed by atoms with Crippen LogP contribution in [-0.2, 0) is 17.5 Å². The number of carbonyl (C=O) groups is 2. The van der Waals surface area contributed by atoms with Gasteiger partial charge in [0.2, 0.25) is 5.91 Å². The van der Waals surface area contributed by atoms with E-state index in [0.29, 0.717) is 67.8 Å². The smallest absolute Gasteiger partial charge is 0.384 e. The van der Waals surface area contributed by atoms with Crippen molar-refractivity contribution in [1.29, 1.82) is 5.41 Å². The number of hydrogen-bond acceptors (Lipinski definition) is 4. The number of halogens is 3. The van der Waals surface area contributed by atoms with Crippen LogP contribution >= 0.6 is 0 Å². The molecule has 0 spiro atoms. The van der Waals surface area contributed by atoms with Crippen LogP contribution in [0.5, 0.6) is 0 Å². The molecule has 1 aliphatic rings. The number of alkyl halides is 3. The van der Waals surface area contributed by atoms with E-state index in [1.807, 2.05) is 0 Å². The molecule has 4 rings (SSSR count). The van der Waals surface area contributed by atoms with Crippen molar-refractivity contribution in [2.45, 2.75) is 32.0 Å². The van der Waals surface area contributed by atoms with Gasteiger partial charge in [-0.25, -0.2) is 0 Å². The molecule has 0 atom stereocenters. The van der Waals surface area contributed by atoms with Gasteiger partial charge in [-0.05, 0) is 55.6 Å². The van der Waals surface area contributed by atoms with Gasteiger partial charge in [0, 0.05) is 48.6 Å². The average Bonchev–Trinajstić information content (AvgIpc) is 3.25. The minimum atomic E-state index is -4.44. The summed E-state index contributed by atoms with van der Waals surface area (Å²) in [7, 11) is 0. The number of likely N-dealkylation sites (tertiary alicyclic amines) is 1. The number of nitrogens with zero attached hydrogens (tertiary/aromatic N) is 2. The summed E-state index contributed by atoms with van der Waals surface area (Å²) < 4.78 is 40.9. The molecule has 38 heavy (non-hydrogen) atoms. The summed E-state index contributed by atoms with van der Waals surface area (Å²) in [6, 6.07) is 11.7. The first-order valence-corrected chi connectivity index (χ1v) is 12.5. The summed E-state index contributed by atoms with van der Waals surface area (Å²) in [5.74, 6) is -0.556. The van der Waals surface area contributed by atoms with E-state index in [-0.39, 0.29) is 30.1 Å². The molecular weight excluding hydrogens is 497 g/mol. The van der Waals surface area contributed by atoms with Crippen molar-refractivity contribution in [2.24, 2.45) is 17.4 Å². The third-order valence-corrected chi connectivity index (χ3v) is 6.89. The molecule has 1 aliphatic heterocycles. The molecule has 2 aromatic carbocycles. The lowest BCUT2D eigenvalue weighted by Crippen LogP contribution is -2.43. The number of carbonyl (C=O) groups excluding carboxylic acids is 2. The van der Waals surface area contributed by atoms with E-state index in [0.717, 1.165) is 17.5 Å². The number of piperidine rings is 1. The van der Waals surface area contributed by atoms with Gasteiger partial charge in [-0.15, -0.1) is 0 Å². The van der Waals surface area contributed by atoms with Gasteiger partial charge < -0.3 is 26.3 Å². The first-order chi connectivity index (χ1) is 18.1. The highest BCUT2D eigenvalue weighted by Crippen LogP contribution is 2.30. The Hall–Kier alpha value is -3.86. The van der Waals surface area contributed by atoms with E-state index < -0.39 is 11.7 Å². The molecule has 1 fully saturated rings. The van der Waals surface area contributed by atoms with Crippen LogP contribution in [-0.4, -0.2) is 53.3 Å². The molecule has 3 aromatic rings. The number of benzene rings is 2. The molecule has 2 heterocycles. The van der Waals surface area contributed by atoms with Gasteiger partial charge >= 0.3 is 6.18 Å². The molecule has 1 aromatic heterocycles. The molecule has 6 N–H and O–H groups in total. The molecule has 0 unspecified atom stereocenters. The Balaban J connectivity index is 1.59. The van der Waals surface area contributed by atoms with Crippen LogP contribution < -0.4 is 16.8 Å². The number of rotatable bonds is 8. The van der Waals surface area contributed by atoms with Crippen molar-refractivity contribution in [3.8, 4) is 0 Å². The zero-order valence-corrected chi connectivity index (χ0v) is 20.9. The van der Waals surface area contributed by atoms with E-state index >= 15 is 0 Å². The van der Waals surface area contributed by atoms with Crippen molar-refractivity contribution in [3.05, 3.63) is 70.9 Å². The molecule has 2 amide bonds. The number of nitrogen functional groups attached to an aromatic ring is 1. The largest absolute Gasteiger partial charge is 0.416 e. The van der Waals surface area contributed by atoms with Gasteiger partial charge in [-0.3, -0.25) is 15.0 Å². The fraction of sp³-hybridized carbons (Fsp3) is 0.370. The van der Waals surface area contributed by atoms with Gasteiger partial charge in [0.1, 0.15) is 11.5 Å². The molecule has 202 valence electrons. The SMILES string of the molecule is N=C(N)c1ccc2cc(C(=O)N3CCC(C(=O)NCCCN)CC3)n(Cc3ccc(C(F)(F)F)cc3)c2c1. The van der Waals surface area contributed by atoms with Crippen molar-refractivity contribution in [1.82, 2.24) is 14.8 Å². The second kappa shape index (κ2) is 11.3. The van der Waals surface area contributed by atoms with Crippen molar-refractivity contribution in [2.75, 3.05) is 26.2 Å². The first-order valence-electron chi connectivity index (χ1n) is 12.5. The molecular formula is C27H31F3N6O2. The molecule has 0 radical (unpaired) electrons. The lowest BCUT2D eigenvalue weighted by Gasteiger charge is -2.31. The maximum absolute atomic E-state index is 13.6. The fourth-order valence-electron chi connectivity index (χ4n) is 4.72. The highest BCUT2D eigenvalue weighted by molar-refractivity contribution is 6.02. The molecule has 11 heteroatoms. The van der Waals surface area contributed by atoms with Crippen LogP contribution in [0.1, 0.15) is 46.4 Å². The van der Waals surface area contributed by atoms with Crippen molar-refractivity contribution in [3.63, 3.8) is 0 Å². The second-order valence-corrected chi connectivity index (χ2v) is 9.50. The van der Waals surface area contributed by atoms with Gasteiger partial charge in [0.15, 0.2) is 0 Å². The second-order valence-electron chi connectivity index (χ2n) is 9.50. The maximum Gasteiger partial charge on any atom is 0.416 e. The monoisotopic (exact) mass is 528 g/mol. The van der Waals surface area contributed by atoms with Crippen LogP contribution in [0.2, 0.25) is 0 Å². The number of amidine groups is 1. The van der Waals surface area contributed by atoms with Gasteiger partial charge in [-0.2, -0.15) is 13.2 Å². The Morgan fingerprint density at radius 2 is 1.74 bits per heavy atom. The van der Waals surface area contributed by atoms with E-state index in [1.165, 1.54) is 12.1 Å². The summed E-state index contributed by atoms with van der Waals surface area (Å²) in [6.45, 7) is 2.01. The molecule has 0 bridgehead atoms. The molecule has 0 saturated carbocycles. The van der Waals surface area contributed by atoms with Crippen molar-refractivity contribution >= 4 is 28.6 Å². The minimum Gasteiger partial charge on any atom is -0.384 e. The Bertz CT molecular complexity index is 1330. The van der Waals surface area contributed by atoms with E-state index in [2.05, 4.69) is 5.32 Å². The highest BCUT2D eigenvalue weighted by atomic mass is 19.4. The maximum atomic E-state index is 13.6. The van der Waals surface area contributed by atoms with Crippen LogP contribution in [0.25, 0.3) is 10.9 Å². The van der Waals surface area contributed by atoms with E-state index in [9.17, 15) is 22.8 Å². The number of hydrogen-bond donors (Lipinski definition) is 4. The Morgan fingerprint density at radius 3 is 2.34 bits per heavy atom. The van der Waals surface area contributed by atoms with Crippen LogP contribution in [0.3, 0.4) is 0 Å². The van der Waals surface area contributed by atoms with Gasteiger partial charge in [-0.1, -0.05) is 24.3 Å².